The van der Waals surface area contributed by atoms with Crippen molar-refractivity contribution in [1.82, 2.24) is 5.32 Å². The normalized spacial score (nSPS) is 13.2. The van der Waals surface area contributed by atoms with Gasteiger partial charge in [-0.1, -0.05) is 146 Å². The van der Waals surface area contributed by atoms with Crippen LogP contribution in [0.3, 0.4) is 0 Å². The molecule has 0 heterocycles. The van der Waals surface area contributed by atoms with Gasteiger partial charge >= 0.3 is 6.09 Å². The quantitative estimate of drug-likeness (QED) is 0.185. The lowest BCUT2D eigenvalue weighted by Gasteiger charge is -2.37. The molecule has 1 aliphatic carbocycles. The second kappa shape index (κ2) is 12.1. The lowest BCUT2D eigenvalue weighted by Crippen LogP contribution is -2.34. The minimum atomic E-state index is -0.438. The third-order valence-corrected chi connectivity index (χ3v) is 9.43. The molecular formula is C37H33NO2S. The molecule has 1 atom stereocenters. The average molecular weight is 556 g/mol. The summed E-state index contributed by atoms with van der Waals surface area (Å²) in [4.78, 5) is 13.0. The number of hydrogen-bond acceptors (Lipinski definition) is 3. The predicted molar refractivity (Wildman–Crippen MR) is 169 cm³/mol. The van der Waals surface area contributed by atoms with Crippen LogP contribution in [0, 0.1) is 0 Å². The Balaban J connectivity index is 1.18. The maximum Gasteiger partial charge on any atom is 0.407 e. The Labute approximate surface area is 246 Å². The molecule has 3 nitrogen and oxygen atoms in total. The molecule has 204 valence electrons. The number of amides is 1. The van der Waals surface area contributed by atoms with Crippen molar-refractivity contribution in [3.63, 3.8) is 0 Å². The van der Waals surface area contributed by atoms with E-state index in [4.69, 9.17) is 4.74 Å². The van der Waals surface area contributed by atoms with Gasteiger partial charge in [-0.3, -0.25) is 0 Å². The van der Waals surface area contributed by atoms with Gasteiger partial charge in [-0.05, 0) is 38.9 Å². The van der Waals surface area contributed by atoms with Crippen LogP contribution in [0.2, 0.25) is 0 Å². The summed E-state index contributed by atoms with van der Waals surface area (Å²) in [6, 6.07) is 48.7. The minimum absolute atomic E-state index is 0.0434. The van der Waals surface area contributed by atoms with Crippen molar-refractivity contribution in [3.8, 4) is 11.1 Å². The maximum absolute atomic E-state index is 13.0. The van der Waals surface area contributed by atoms with E-state index >= 15 is 0 Å². The van der Waals surface area contributed by atoms with E-state index in [1.165, 1.54) is 38.9 Å². The van der Waals surface area contributed by atoms with E-state index in [1.54, 1.807) is 0 Å². The van der Waals surface area contributed by atoms with Gasteiger partial charge in [-0.15, -0.1) is 11.8 Å². The molecule has 0 aliphatic heterocycles. The van der Waals surface area contributed by atoms with E-state index in [2.05, 4.69) is 152 Å². The van der Waals surface area contributed by atoms with Crippen molar-refractivity contribution >= 4 is 17.9 Å². The Morgan fingerprint density at radius 1 is 0.683 bits per heavy atom. The van der Waals surface area contributed by atoms with E-state index < -0.39 is 4.75 Å². The van der Waals surface area contributed by atoms with E-state index in [1.807, 2.05) is 11.8 Å². The third-order valence-electron chi connectivity index (χ3n) is 7.80. The first-order chi connectivity index (χ1) is 20.2. The Morgan fingerprint density at radius 2 is 1.10 bits per heavy atom. The maximum atomic E-state index is 13.0. The van der Waals surface area contributed by atoms with Crippen LogP contribution >= 0.6 is 11.8 Å². The summed E-state index contributed by atoms with van der Waals surface area (Å²) in [6.45, 7) is 2.96. The standard InChI is InChI=1S/C37H33NO2S/c1-27(25-38-36(39)40-26-35-33-23-13-11-21-31(33)32-22-12-14-24-34(32)35)41-37(28-15-5-2-6-16-28,29-17-7-3-8-18-29)30-19-9-4-10-20-30/h2-24,27,35H,25-26H2,1H3,(H,38,39)/t27-/m1/s1. The van der Waals surface area contributed by atoms with Crippen LogP contribution in [-0.2, 0) is 9.48 Å². The third kappa shape index (κ3) is 5.40. The van der Waals surface area contributed by atoms with Crippen molar-refractivity contribution in [2.24, 2.45) is 0 Å². The van der Waals surface area contributed by atoms with Crippen LogP contribution in [0.5, 0.6) is 0 Å². The monoisotopic (exact) mass is 555 g/mol. The zero-order valence-corrected chi connectivity index (χ0v) is 23.9. The molecule has 0 unspecified atom stereocenters. The first-order valence-electron chi connectivity index (χ1n) is 14.1. The molecule has 0 radical (unpaired) electrons. The van der Waals surface area contributed by atoms with E-state index in [-0.39, 0.29) is 17.3 Å². The van der Waals surface area contributed by atoms with Gasteiger partial charge in [0, 0.05) is 17.7 Å². The molecule has 0 spiro atoms. The molecule has 6 rings (SSSR count). The fourth-order valence-electron chi connectivity index (χ4n) is 5.94. The summed E-state index contributed by atoms with van der Waals surface area (Å²) >= 11 is 1.85. The van der Waals surface area contributed by atoms with E-state index in [0.717, 1.165) is 0 Å². The molecule has 0 saturated heterocycles. The predicted octanol–water partition coefficient (Wildman–Crippen LogP) is 8.64. The summed E-state index contributed by atoms with van der Waals surface area (Å²) in [5.74, 6) is 0.0434. The second-order valence-electron chi connectivity index (χ2n) is 10.4. The lowest BCUT2D eigenvalue weighted by atomic mass is 9.84. The number of alkyl carbamates (subject to hydrolysis) is 1. The minimum Gasteiger partial charge on any atom is -0.449 e. The number of nitrogens with one attached hydrogen (secondary N) is 1. The highest BCUT2D eigenvalue weighted by Crippen LogP contribution is 2.50. The number of hydrogen-bond donors (Lipinski definition) is 1. The van der Waals surface area contributed by atoms with Gasteiger partial charge in [-0.25, -0.2) is 4.79 Å². The highest BCUT2D eigenvalue weighted by molar-refractivity contribution is 8.01. The summed E-state index contributed by atoms with van der Waals surface area (Å²) in [5, 5.41) is 3.14. The SMILES string of the molecule is C[C@H](CNC(=O)OCC1c2ccccc2-c2ccccc21)SC(c1ccccc1)(c1ccccc1)c1ccccc1. The zero-order chi connectivity index (χ0) is 28.1. The summed E-state index contributed by atoms with van der Waals surface area (Å²) in [7, 11) is 0. The molecule has 0 bridgehead atoms. The van der Waals surface area contributed by atoms with Gasteiger partial charge in [0.1, 0.15) is 6.61 Å². The first-order valence-corrected chi connectivity index (χ1v) is 15.0. The van der Waals surface area contributed by atoms with E-state index in [0.29, 0.717) is 13.2 Å². The topological polar surface area (TPSA) is 38.3 Å². The zero-order valence-electron chi connectivity index (χ0n) is 23.1. The molecule has 0 saturated carbocycles. The van der Waals surface area contributed by atoms with Crippen LogP contribution in [0.1, 0.15) is 40.7 Å². The van der Waals surface area contributed by atoms with Crippen molar-refractivity contribution < 1.29 is 9.53 Å². The Morgan fingerprint density at radius 3 is 1.56 bits per heavy atom. The smallest absolute Gasteiger partial charge is 0.407 e. The van der Waals surface area contributed by atoms with Crippen molar-refractivity contribution in [2.45, 2.75) is 22.8 Å². The van der Waals surface area contributed by atoms with Crippen LogP contribution in [-0.4, -0.2) is 24.5 Å². The van der Waals surface area contributed by atoms with Gasteiger partial charge in [0.15, 0.2) is 0 Å². The number of thioether (sulfide) groups is 1. The lowest BCUT2D eigenvalue weighted by molar-refractivity contribution is 0.143. The van der Waals surface area contributed by atoms with Gasteiger partial charge in [0.05, 0.1) is 4.75 Å². The van der Waals surface area contributed by atoms with Crippen molar-refractivity contribution in [3.05, 3.63) is 167 Å². The number of carbonyl (C=O) groups is 1. The molecule has 5 aromatic carbocycles. The van der Waals surface area contributed by atoms with Crippen molar-refractivity contribution in [1.29, 1.82) is 0 Å². The number of fused-ring (bicyclic) bond motifs is 3. The molecule has 0 aromatic heterocycles. The molecule has 1 amide bonds. The van der Waals surface area contributed by atoms with Crippen molar-refractivity contribution in [2.75, 3.05) is 13.2 Å². The molecule has 4 heteroatoms. The molecule has 1 N–H and O–H groups in total. The van der Waals surface area contributed by atoms with Gasteiger partial charge in [-0.2, -0.15) is 0 Å². The first kappa shape index (κ1) is 26.9. The van der Waals surface area contributed by atoms with Gasteiger partial charge in [0.2, 0.25) is 0 Å². The van der Waals surface area contributed by atoms with E-state index in [9.17, 15) is 4.79 Å². The van der Waals surface area contributed by atoms with Gasteiger partial charge in [0.25, 0.3) is 0 Å². The fraction of sp³-hybridized carbons (Fsp3) is 0.162. The van der Waals surface area contributed by atoms with Gasteiger partial charge < -0.3 is 10.1 Å². The molecule has 1 aliphatic rings. The highest BCUT2D eigenvalue weighted by atomic mass is 32.2. The summed E-state index contributed by atoms with van der Waals surface area (Å²) in [5.41, 5.74) is 8.48. The Hall–Kier alpha value is -4.28. The molecular weight excluding hydrogens is 522 g/mol. The van der Waals surface area contributed by atoms with Crippen LogP contribution < -0.4 is 5.32 Å². The van der Waals surface area contributed by atoms with Crippen LogP contribution in [0.4, 0.5) is 4.79 Å². The number of rotatable bonds is 9. The Kier molecular flexibility index (Phi) is 7.93. The summed E-state index contributed by atoms with van der Waals surface area (Å²) in [6.07, 6.45) is -0.385. The second-order valence-corrected chi connectivity index (χ2v) is 12.1. The van der Waals surface area contributed by atoms with Crippen LogP contribution in [0.15, 0.2) is 140 Å². The molecule has 5 aromatic rings. The number of carbonyl (C=O) groups excluding carboxylic acids is 1. The average Bonchev–Trinajstić information content (AvgIpc) is 3.36. The molecule has 0 fully saturated rings. The highest BCUT2D eigenvalue weighted by Gasteiger charge is 2.38. The van der Waals surface area contributed by atoms with Crippen LogP contribution in [0.25, 0.3) is 11.1 Å². The number of benzene rings is 5. The molecule has 41 heavy (non-hydrogen) atoms. The fourth-order valence-corrected chi connectivity index (χ4v) is 7.53. The largest absolute Gasteiger partial charge is 0.449 e. The summed E-state index contributed by atoms with van der Waals surface area (Å²) < 4.78 is 5.38. The Bertz CT molecular complexity index is 1460. The number of ether oxygens (including phenoxy) is 1.